The number of carbonyl (C=O) groups is 7. The van der Waals surface area contributed by atoms with E-state index in [1.165, 1.54) is 21.1 Å². The van der Waals surface area contributed by atoms with Crippen LogP contribution in [0, 0.1) is 0 Å². The van der Waals surface area contributed by atoms with Gasteiger partial charge in [0.25, 0.3) is 0 Å². The molecule has 2 aromatic rings. The van der Waals surface area contributed by atoms with Gasteiger partial charge in [0.2, 0.25) is 27.7 Å². The number of nitrogens with one attached hydrogen (secondary N) is 6. The van der Waals surface area contributed by atoms with E-state index in [4.69, 9.17) is 28.4 Å². The molecule has 1 aliphatic heterocycles. The lowest BCUT2D eigenvalue weighted by atomic mass is 9.93. The summed E-state index contributed by atoms with van der Waals surface area (Å²) < 4.78 is 64.3. The number of hydrogen-bond acceptors (Lipinski definition) is 15. The summed E-state index contributed by atoms with van der Waals surface area (Å²) in [4.78, 5) is 95.9. The second kappa shape index (κ2) is 32.2. The molecular weight excluding hydrogens is 1050 g/mol. The number of alkyl carbamates (subject to hydrolysis) is 3. The van der Waals surface area contributed by atoms with Crippen molar-refractivity contribution in [3.8, 4) is 22.6 Å². The average molecular weight is 1150 g/mol. The van der Waals surface area contributed by atoms with Crippen LogP contribution in [0.15, 0.2) is 36.4 Å². The Kier molecular flexibility index (Phi) is 27.3. The van der Waals surface area contributed by atoms with Crippen molar-refractivity contribution in [2.75, 3.05) is 52.8 Å². The third-order valence-corrected chi connectivity index (χ3v) is 13.6. The molecule has 450 valence electrons. The second-order valence-corrected chi connectivity index (χ2v) is 24.8. The zero-order valence-corrected chi connectivity index (χ0v) is 50.3. The van der Waals surface area contributed by atoms with Gasteiger partial charge in [0.15, 0.2) is 0 Å². The quantitative estimate of drug-likeness (QED) is 0.0287. The van der Waals surface area contributed by atoms with E-state index in [2.05, 4.69) is 38.2 Å². The van der Waals surface area contributed by atoms with Crippen molar-refractivity contribution in [3.05, 3.63) is 47.5 Å². The Labute approximate surface area is 474 Å². The zero-order valence-electron chi connectivity index (χ0n) is 49.5. The molecule has 22 nitrogen and oxygen atoms in total. The van der Waals surface area contributed by atoms with Crippen molar-refractivity contribution in [2.45, 2.75) is 194 Å². The molecule has 6 amide bonds. The van der Waals surface area contributed by atoms with Gasteiger partial charge < -0.3 is 59.9 Å². The van der Waals surface area contributed by atoms with Crippen LogP contribution in [0.25, 0.3) is 11.1 Å². The number of rotatable bonds is 27. The molecule has 2 aromatic carbocycles. The molecular formula is C57H91N7O15S. The number of methoxy groups -OCH3 is 1. The third-order valence-electron chi connectivity index (χ3n) is 12.2. The van der Waals surface area contributed by atoms with Crippen molar-refractivity contribution in [3.63, 3.8) is 0 Å². The number of ether oxygens (including phenoxy) is 6. The minimum Gasteiger partial charge on any atom is -0.491 e. The summed E-state index contributed by atoms with van der Waals surface area (Å²) in [7, 11) is -1.54. The molecule has 80 heavy (non-hydrogen) atoms. The number of benzene rings is 2. The summed E-state index contributed by atoms with van der Waals surface area (Å²) in [6, 6.07) is 4.31. The normalized spacial score (nSPS) is 16.3. The van der Waals surface area contributed by atoms with Gasteiger partial charge in [-0.3, -0.25) is 14.4 Å². The number of nitrogens with zero attached hydrogens (tertiary/aromatic N) is 1. The molecule has 0 unspecified atom stereocenters. The molecule has 23 heteroatoms. The number of likely N-dealkylation sites (N-methyl/N-ethyl adjacent to an activating group) is 1. The van der Waals surface area contributed by atoms with Crippen LogP contribution in [0.3, 0.4) is 0 Å². The molecule has 0 aromatic heterocycles. The lowest BCUT2D eigenvalue weighted by Gasteiger charge is -2.32. The van der Waals surface area contributed by atoms with E-state index < -0.39 is 93.0 Å². The maximum absolute atomic E-state index is 15.1. The molecule has 3 rings (SSSR count). The van der Waals surface area contributed by atoms with Crippen molar-refractivity contribution in [1.82, 2.24) is 36.2 Å². The number of carbonyl (C=O) groups excluding carboxylic acids is 7. The van der Waals surface area contributed by atoms with Gasteiger partial charge in [-0.1, -0.05) is 64.0 Å². The highest BCUT2D eigenvalue weighted by molar-refractivity contribution is 7.89. The fraction of sp³-hybridized carbons (Fsp3) is 0.667. The van der Waals surface area contributed by atoms with E-state index in [-0.39, 0.29) is 74.9 Å². The zero-order chi connectivity index (χ0) is 59.8. The van der Waals surface area contributed by atoms with Crippen LogP contribution in [-0.2, 0) is 54.6 Å². The third kappa shape index (κ3) is 25.4. The Morgan fingerprint density at radius 2 is 1.16 bits per heavy atom. The topological polar surface area (TPSA) is 284 Å². The number of hydrogen-bond donors (Lipinski definition) is 6. The molecule has 1 heterocycles. The van der Waals surface area contributed by atoms with Gasteiger partial charge in [0.1, 0.15) is 65.7 Å². The highest BCUT2D eigenvalue weighted by Gasteiger charge is 2.37. The van der Waals surface area contributed by atoms with E-state index in [1.807, 2.05) is 0 Å². The minimum absolute atomic E-state index is 0.00388. The van der Waals surface area contributed by atoms with E-state index in [9.17, 15) is 37.2 Å². The lowest BCUT2D eigenvalue weighted by Crippen LogP contribution is -2.55. The Hall–Kier alpha value is -6.36. The second-order valence-electron chi connectivity index (χ2n) is 22.9. The maximum Gasteiger partial charge on any atom is 0.407 e. The summed E-state index contributed by atoms with van der Waals surface area (Å²) in [6.07, 6.45) is 5.88. The Morgan fingerprint density at radius 3 is 1.69 bits per heavy atom. The van der Waals surface area contributed by atoms with Crippen LogP contribution >= 0.6 is 0 Å². The molecule has 4 atom stereocenters. The predicted molar refractivity (Wildman–Crippen MR) is 304 cm³/mol. The highest BCUT2D eigenvalue weighted by atomic mass is 32.2. The van der Waals surface area contributed by atoms with E-state index in [0.29, 0.717) is 36.0 Å². The van der Waals surface area contributed by atoms with Gasteiger partial charge in [0, 0.05) is 31.1 Å². The largest absolute Gasteiger partial charge is 0.491 e. The van der Waals surface area contributed by atoms with Crippen LogP contribution in [0.5, 0.6) is 11.5 Å². The molecule has 1 aliphatic rings. The standard InChI is InChI=1S/C57H91N7O15S/c1-14-15-16-17-18-19-20-23-34-80(72,73)63-43(24-21-22-29-58-52(69)77-55(3,4)5)50(67)64(12)47-40-26-28-46(76-33-31-60-54(71)79-57(9,10)11)42(37-40)41-35-39(25-27-45(41)75-32-30-59-53(70)78-56(6,7)8)36-44(51(68)74-13)62-48(65)38(2)61-49(47)66/h25-28,35,37-38,43-44,47,63H,14-24,29-34,36H2,1-13H3,(H,58,69)(H,59,70)(H,60,71)(H,61,66)(H,62,65)/t38-,43-,44-,47-/m0/s1. The molecule has 0 fully saturated rings. The smallest absolute Gasteiger partial charge is 0.407 e. The molecule has 0 spiro atoms. The van der Waals surface area contributed by atoms with Gasteiger partial charge in [-0.05, 0) is 130 Å². The van der Waals surface area contributed by atoms with Crippen LogP contribution in [0.2, 0.25) is 0 Å². The number of unbranched alkanes of at least 4 members (excludes halogenated alkanes) is 8. The summed E-state index contributed by atoms with van der Waals surface area (Å²) in [6.45, 7) is 19.2. The van der Waals surface area contributed by atoms with Gasteiger partial charge in [-0.25, -0.2) is 32.3 Å². The molecule has 0 saturated heterocycles. The van der Waals surface area contributed by atoms with Gasteiger partial charge >= 0.3 is 24.2 Å². The first-order valence-electron chi connectivity index (χ1n) is 27.8. The van der Waals surface area contributed by atoms with Crippen molar-refractivity contribution >= 4 is 52.0 Å². The van der Waals surface area contributed by atoms with E-state index in [1.54, 1.807) is 98.7 Å². The first kappa shape index (κ1) is 67.9. The molecule has 6 N–H and O–H groups in total. The molecule has 0 saturated carbocycles. The highest BCUT2D eigenvalue weighted by Crippen LogP contribution is 2.40. The van der Waals surface area contributed by atoms with Gasteiger partial charge in [-0.2, -0.15) is 0 Å². The summed E-state index contributed by atoms with van der Waals surface area (Å²) in [5.74, 6) is -2.88. The number of esters is 1. The number of sulfonamides is 1. The Bertz CT molecular complexity index is 2490. The fourth-order valence-electron chi connectivity index (χ4n) is 8.41. The Morgan fingerprint density at radius 1 is 0.662 bits per heavy atom. The van der Waals surface area contributed by atoms with Gasteiger partial charge in [0.05, 0.1) is 26.0 Å². The van der Waals surface area contributed by atoms with Crippen molar-refractivity contribution < 1.29 is 70.4 Å². The lowest BCUT2D eigenvalue weighted by molar-refractivity contribution is -0.145. The molecule has 0 radical (unpaired) electrons. The first-order valence-corrected chi connectivity index (χ1v) is 29.5. The van der Waals surface area contributed by atoms with E-state index in [0.717, 1.165) is 43.4 Å². The van der Waals surface area contributed by atoms with Crippen molar-refractivity contribution in [1.29, 1.82) is 0 Å². The summed E-state index contributed by atoms with van der Waals surface area (Å²) >= 11 is 0. The van der Waals surface area contributed by atoms with Crippen LogP contribution in [-0.4, -0.2) is 143 Å². The summed E-state index contributed by atoms with van der Waals surface area (Å²) in [5, 5.41) is 13.4. The van der Waals surface area contributed by atoms with Crippen LogP contribution in [0.1, 0.15) is 164 Å². The van der Waals surface area contributed by atoms with E-state index >= 15 is 4.79 Å². The fourth-order valence-corrected chi connectivity index (χ4v) is 9.77. The molecule has 0 aliphatic carbocycles. The number of fused-ring (bicyclic) bond motifs is 5. The SMILES string of the molecule is CCCCCCCCCCS(=O)(=O)N[C@@H](CCCCNC(=O)OC(C)(C)C)C(=O)N(C)[C@@H]1C(=O)N[C@@H](C)C(=O)N[C@H](C(=O)OC)Cc2ccc(OCCNC(=O)OC(C)(C)C)c(c2)-c2cc1ccc2OCCNC(=O)OC(C)(C)C. The predicted octanol–water partition coefficient (Wildman–Crippen LogP) is 7.50. The van der Waals surface area contributed by atoms with Crippen molar-refractivity contribution in [2.24, 2.45) is 0 Å². The number of amides is 6. The molecule has 4 bridgehead atoms. The Balaban J connectivity index is 2.21. The minimum atomic E-state index is -4.07. The van der Waals surface area contributed by atoms with Crippen LogP contribution in [0.4, 0.5) is 14.4 Å². The maximum atomic E-state index is 15.1. The summed E-state index contributed by atoms with van der Waals surface area (Å²) in [5.41, 5.74) is -0.845. The van der Waals surface area contributed by atoms with Crippen LogP contribution < -0.4 is 40.8 Å². The monoisotopic (exact) mass is 1150 g/mol. The average Bonchev–Trinajstić information content (AvgIpc) is 3.34. The van der Waals surface area contributed by atoms with Gasteiger partial charge in [-0.15, -0.1) is 0 Å². The first-order chi connectivity index (χ1) is 37.4.